The van der Waals surface area contributed by atoms with Crippen LogP contribution in [0.4, 0.5) is 0 Å². The monoisotopic (exact) mass is 312 g/mol. The van der Waals surface area contributed by atoms with Gasteiger partial charge in [0.25, 0.3) is 0 Å². The van der Waals surface area contributed by atoms with E-state index in [9.17, 15) is 13.2 Å². The van der Waals surface area contributed by atoms with Crippen molar-refractivity contribution >= 4 is 15.9 Å². The Balaban J connectivity index is 2.49. The molecule has 0 radical (unpaired) electrons. The standard InChI is InChI=1S/C14H20N2O4S/c1-10-9-11(20-4)5-6-12(10)21(18,19)16-8-7-15-13(17)14(16,2)3/h5-6,9H,7-8H2,1-4H3,(H,15,17). The maximum absolute atomic E-state index is 12.9. The molecule has 0 aromatic heterocycles. The van der Waals surface area contributed by atoms with Crippen LogP contribution in [0.25, 0.3) is 0 Å². The van der Waals surface area contributed by atoms with Crippen molar-refractivity contribution in [1.29, 1.82) is 0 Å². The molecule has 0 spiro atoms. The van der Waals surface area contributed by atoms with Crippen LogP contribution in [0.15, 0.2) is 23.1 Å². The van der Waals surface area contributed by atoms with Crippen LogP contribution >= 0.6 is 0 Å². The number of hydrogen-bond donors (Lipinski definition) is 1. The molecular formula is C14H20N2O4S. The molecule has 1 amide bonds. The Kier molecular flexibility index (Phi) is 3.99. The maximum atomic E-state index is 12.9. The predicted octanol–water partition coefficient (Wildman–Crippen LogP) is 0.903. The number of amides is 1. The number of carbonyl (C=O) groups is 1. The fourth-order valence-corrected chi connectivity index (χ4v) is 4.42. The average Bonchev–Trinajstić information content (AvgIpc) is 2.41. The van der Waals surface area contributed by atoms with E-state index in [0.717, 1.165) is 0 Å². The number of piperazine rings is 1. The van der Waals surface area contributed by atoms with E-state index >= 15 is 0 Å². The zero-order valence-electron chi connectivity index (χ0n) is 12.6. The van der Waals surface area contributed by atoms with Crippen molar-refractivity contribution in [3.05, 3.63) is 23.8 Å². The van der Waals surface area contributed by atoms with Gasteiger partial charge in [0.2, 0.25) is 15.9 Å². The minimum Gasteiger partial charge on any atom is -0.497 e. The third kappa shape index (κ3) is 2.63. The quantitative estimate of drug-likeness (QED) is 0.900. The number of nitrogens with one attached hydrogen (secondary N) is 1. The Labute approximate surface area is 125 Å². The van der Waals surface area contributed by atoms with E-state index in [2.05, 4.69) is 5.32 Å². The molecule has 21 heavy (non-hydrogen) atoms. The van der Waals surface area contributed by atoms with Crippen LogP contribution in [0.2, 0.25) is 0 Å². The van der Waals surface area contributed by atoms with Crippen LogP contribution in [0.3, 0.4) is 0 Å². The smallest absolute Gasteiger partial charge is 0.244 e. The van der Waals surface area contributed by atoms with Gasteiger partial charge in [0.1, 0.15) is 11.3 Å². The Hall–Kier alpha value is -1.60. The summed E-state index contributed by atoms with van der Waals surface area (Å²) in [6.45, 7) is 5.51. The Morgan fingerprint density at radius 3 is 2.57 bits per heavy atom. The summed E-state index contributed by atoms with van der Waals surface area (Å²) in [6, 6.07) is 4.80. The summed E-state index contributed by atoms with van der Waals surface area (Å²) in [5.41, 5.74) is -0.514. The molecule has 7 heteroatoms. The molecule has 1 aromatic carbocycles. The van der Waals surface area contributed by atoms with Gasteiger partial charge in [-0.3, -0.25) is 4.79 Å². The van der Waals surface area contributed by atoms with E-state index in [0.29, 0.717) is 17.9 Å². The van der Waals surface area contributed by atoms with Gasteiger partial charge < -0.3 is 10.1 Å². The molecule has 6 nitrogen and oxygen atoms in total. The van der Waals surface area contributed by atoms with E-state index in [1.165, 1.54) is 17.5 Å². The van der Waals surface area contributed by atoms with Crippen molar-refractivity contribution in [2.75, 3.05) is 20.2 Å². The number of ether oxygens (including phenoxy) is 1. The lowest BCUT2D eigenvalue weighted by Gasteiger charge is -2.40. The summed E-state index contributed by atoms with van der Waals surface area (Å²) in [5, 5.41) is 2.69. The molecule has 1 aliphatic rings. The highest BCUT2D eigenvalue weighted by Gasteiger charge is 2.45. The first kappa shape index (κ1) is 15.8. The second kappa shape index (κ2) is 5.31. The van der Waals surface area contributed by atoms with Gasteiger partial charge in [0.15, 0.2) is 0 Å². The lowest BCUT2D eigenvalue weighted by Crippen LogP contribution is -2.63. The van der Waals surface area contributed by atoms with Gasteiger partial charge in [-0.25, -0.2) is 8.42 Å². The van der Waals surface area contributed by atoms with Crippen LogP contribution < -0.4 is 10.1 Å². The molecule has 1 aromatic rings. The topological polar surface area (TPSA) is 75.7 Å². The highest BCUT2D eigenvalue weighted by Crippen LogP contribution is 2.29. The largest absolute Gasteiger partial charge is 0.497 e. The summed E-state index contributed by atoms with van der Waals surface area (Å²) < 4.78 is 32.1. The highest BCUT2D eigenvalue weighted by atomic mass is 32.2. The molecule has 2 rings (SSSR count). The summed E-state index contributed by atoms with van der Waals surface area (Å²) in [5.74, 6) is 0.311. The number of aryl methyl sites for hydroxylation is 1. The van der Waals surface area contributed by atoms with Crippen molar-refractivity contribution in [3.63, 3.8) is 0 Å². The third-order valence-electron chi connectivity index (χ3n) is 3.73. The normalized spacial score (nSPS) is 19.1. The maximum Gasteiger partial charge on any atom is 0.244 e. The van der Waals surface area contributed by atoms with Crippen LogP contribution in [0.1, 0.15) is 19.4 Å². The van der Waals surface area contributed by atoms with E-state index < -0.39 is 15.6 Å². The van der Waals surface area contributed by atoms with Crippen molar-refractivity contribution in [2.24, 2.45) is 0 Å². The van der Waals surface area contributed by atoms with Gasteiger partial charge in [-0.05, 0) is 44.5 Å². The van der Waals surface area contributed by atoms with Crippen LogP contribution in [0.5, 0.6) is 5.75 Å². The van der Waals surface area contributed by atoms with Crippen molar-refractivity contribution in [2.45, 2.75) is 31.2 Å². The van der Waals surface area contributed by atoms with Crippen molar-refractivity contribution in [1.82, 2.24) is 9.62 Å². The summed E-state index contributed by atoms with van der Waals surface area (Å²) >= 11 is 0. The number of rotatable bonds is 3. The lowest BCUT2D eigenvalue weighted by atomic mass is 10.0. The van der Waals surface area contributed by atoms with Crippen molar-refractivity contribution in [3.8, 4) is 5.75 Å². The number of nitrogens with zero attached hydrogens (tertiary/aromatic N) is 1. The first-order valence-corrected chi connectivity index (χ1v) is 8.11. The predicted molar refractivity (Wildman–Crippen MR) is 78.7 cm³/mol. The van der Waals surface area contributed by atoms with Gasteiger partial charge in [-0.15, -0.1) is 0 Å². The molecule has 1 aliphatic heterocycles. The molecule has 0 saturated carbocycles. The molecule has 1 N–H and O–H groups in total. The minimum absolute atomic E-state index is 0.200. The number of hydrogen-bond acceptors (Lipinski definition) is 4. The molecule has 1 fully saturated rings. The molecule has 1 heterocycles. The number of benzene rings is 1. The number of sulfonamides is 1. The van der Waals surface area contributed by atoms with Gasteiger partial charge in [0, 0.05) is 13.1 Å². The van der Waals surface area contributed by atoms with E-state index in [1.54, 1.807) is 32.9 Å². The fourth-order valence-electron chi connectivity index (χ4n) is 2.46. The zero-order valence-corrected chi connectivity index (χ0v) is 13.5. The van der Waals surface area contributed by atoms with Crippen LogP contribution in [-0.2, 0) is 14.8 Å². The minimum atomic E-state index is -3.74. The molecule has 0 bridgehead atoms. The summed E-state index contributed by atoms with van der Waals surface area (Å²) in [6.07, 6.45) is 0. The van der Waals surface area contributed by atoms with Gasteiger partial charge in [-0.1, -0.05) is 0 Å². The molecule has 0 aliphatic carbocycles. The first-order chi connectivity index (χ1) is 9.71. The molecular weight excluding hydrogens is 292 g/mol. The van der Waals surface area contributed by atoms with E-state index in [-0.39, 0.29) is 17.3 Å². The van der Waals surface area contributed by atoms with Crippen LogP contribution in [-0.4, -0.2) is 44.4 Å². The van der Waals surface area contributed by atoms with E-state index in [4.69, 9.17) is 4.74 Å². The Bertz CT molecular complexity index is 668. The van der Waals surface area contributed by atoms with Gasteiger partial charge >= 0.3 is 0 Å². The lowest BCUT2D eigenvalue weighted by molar-refractivity contribution is -0.131. The zero-order chi connectivity index (χ0) is 15.8. The molecule has 116 valence electrons. The Morgan fingerprint density at radius 2 is 2.00 bits per heavy atom. The Morgan fingerprint density at radius 1 is 1.33 bits per heavy atom. The third-order valence-corrected chi connectivity index (χ3v) is 5.96. The van der Waals surface area contributed by atoms with E-state index in [1.807, 2.05) is 0 Å². The van der Waals surface area contributed by atoms with Gasteiger partial charge in [0.05, 0.1) is 12.0 Å². The fraction of sp³-hybridized carbons (Fsp3) is 0.500. The summed E-state index contributed by atoms with van der Waals surface area (Å²) in [7, 11) is -2.21. The molecule has 0 atom stereocenters. The number of methoxy groups -OCH3 is 1. The highest BCUT2D eigenvalue weighted by molar-refractivity contribution is 7.89. The molecule has 0 unspecified atom stereocenters. The second-order valence-corrected chi connectivity index (χ2v) is 7.35. The molecule has 1 saturated heterocycles. The summed E-state index contributed by atoms with van der Waals surface area (Å²) in [4.78, 5) is 12.2. The SMILES string of the molecule is COc1ccc(S(=O)(=O)N2CCNC(=O)C2(C)C)c(C)c1. The average molecular weight is 312 g/mol. The van der Waals surface area contributed by atoms with Crippen molar-refractivity contribution < 1.29 is 17.9 Å². The first-order valence-electron chi connectivity index (χ1n) is 6.67. The van der Waals surface area contributed by atoms with Crippen LogP contribution in [0, 0.1) is 6.92 Å². The van der Waals surface area contributed by atoms with Gasteiger partial charge in [-0.2, -0.15) is 4.31 Å². The number of carbonyl (C=O) groups excluding carboxylic acids is 1. The second-order valence-electron chi connectivity index (χ2n) is 5.52.